The van der Waals surface area contributed by atoms with Crippen LogP contribution in [0.4, 0.5) is 4.79 Å². The van der Waals surface area contributed by atoms with Gasteiger partial charge in [-0.1, -0.05) is 6.92 Å². The molecular formula is C13H24N2O4S. The van der Waals surface area contributed by atoms with Crippen molar-refractivity contribution in [3.05, 3.63) is 0 Å². The minimum atomic E-state index is -0.862. The highest BCUT2D eigenvalue weighted by Crippen LogP contribution is 2.20. The molecule has 1 aliphatic heterocycles. The van der Waals surface area contributed by atoms with Crippen LogP contribution in [0.1, 0.15) is 32.6 Å². The van der Waals surface area contributed by atoms with E-state index in [0.29, 0.717) is 37.6 Å². The van der Waals surface area contributed by atoms with Gasteiger partial charge in [0, 0.05) is 48.4 Å². The fourth-order valence-corrected chi connectivity index (χ4v) is 2.96. The van der Waals surface area contributed by atoms with Crippen LogP contribution in [-0.2, 0) is 15.6 Å². The maximum atomic E-state index is 12.0. The van der Waals surface area contributed by atoms with Gasteiger partial charge in [0.1, 0.15) is 0 Å². The van der Waals surface area contributed by atoms with E-state index in [1.54, 1.807) is 4.90 Å². The number of carboxylic acids is 1. The zero-order chi connectivity index (χ0) is 15.0. The maximum absolute atomic E-state index is 12.0. The SMILES string of the molecule is CCS(=O)CCNC(=O)N1CCCC(CCC(=O)O)C1. The molecule has 0 aromatic carbocycles. The molecule has 0 saturated carbocycles. The largest absolute Gasteiger partial charge is 0.481 e. The Balaban J connectivity index is 2.29. The predicted octanol–water partition coefficient (Wildman–Crippen LogP) is 1.04. The molecule has 0 aromatic heterocycles. The van der Waals surface area contributed by atoms with E-state index in [0.717, 1.165) is 12.8 Å². The van der Waals surface area contributed by atoms with Gasteiger partial charge < -0.3 is 15.3 Å². The van der Waals surface area contributed by atoms with E-state index in [-0.39, 0.29) is 18.4 Å². The summed E-state index contributed by atoms with van der Waals surface area (Å²) in [6.07, 6.45) is 2.68. The minimum Gasteiger partial charge on any atom is -0.481 e. The van der Waals surface area contributed by atoms with Crippen molar-refractivity contribution < 1.29 is 18.9 Å². The molecule has 2 unspecified atom stereocenters. The van der Waals surface area contributed by atoms with Crippen molar-refractivity contribution in [3.63, 3.8) is 0 Å². The van der Waals surface area contributed by atoms with Gasteiger partial charge in [0.05, 0.1) is 0 Å². The predicted molar refractivity (Wildman–Crippen MR) is 78.1 cm³/mol. The van der Waals surface area contributed by atoms with E-state index in [2.05, 4.69) is 5.32 Å². The summed E-state index contributed by atoms with van der Waals surface area (Å²) in [7, 11) is -0.862. The molecular weight excluding hydrogens is 280 g/mol. The molecule has 1 aliphatic rings. The maximum Gasteiger partial charge on any atom is 0.317 e. The first-order valence-electron chi connectivity index (χ1n) is 7.12. The first kappa shape index (κ1) is 16.9. The average molecular weight is 304 g/mol. The molecule has 1 rings (SSSR count). The third kappa shape index (κ3) is 6.36. The second-order valence-corrected chi connectivity index (χ2v) is 6.92. The van der Waals surface area contributed by atoms with Gasteiger partial charge in [-0.05, 0) is 25.2 Å². The van der Waals surface area contributed by atoms with Crippen LogP contribution in [0.15, 0.2) is 0 Å². The average Bonchev–Trinajstić information content (AvgIpc) is 2.45. The summed E-state index contributed by atoms with van der Waals surface area (Å²) < 4.78 is 11.3. The monoisotopic (exact) mass is 304 g/mol. The minimum absolute atomic E-state index is 0.127. The van der Waals surface area contributed by atoms with Gasteiger partial charge in [0.25, 0.3) is 0 Å². The van der Waals surface area contributed by atoms with Crippen molar-refractivity contribution in [3.8, 4) is 0 Å². The van der Waals surface area contributed by atoms with Crippen LogP contribution in [0.5, 0.6) is 0 Å². The third-order valence-electron chi connectivity index (χ3n) is 3.50. The molecule has 0 aromatic rings. The van der Waals surface area contributed by atoms with E-state index in [4.69, 9.17) is 5.11 Å². The Morgan fingerprint density at radius 1 is 1.45 bits per heavy atom. The number of carbonyl (C=O) groups is 2. The molecule has 1 fully saturated rings. The molecule has 1 heterocycles. The lowest BCUT2D eigenvalue weighted by Gasteiger charge is -2.32. The van der Waals surface area contributed by atoms with Gasteiger partial charge in [-0.25, -0.2) is 4.79 Å². The fraction of sp³-hybridized carbons (Fsp3) is 0.846. The summed E-state index contributed by atoms with van der Waals surface area (Å²) in [4.78, 5) is 24.3. The van der Waals surface area contributed by atoms with Gasteiger partial charge in [-0.3, -0.25) is 9.00 Å². The second kappa shape index (κ2) is 8.94. The van der Waals surface area contributed by atoms with E-state index < -0.39 is 16.8 Å². The summed E-state index contributed by atoms with van der Waals surface area (Å²) in [5, 5.41) is 11.5. The molecule has 2 N–H and O–H groups in total. The molecule has 0 bridgehead atoms. The van der Waals surface area contributed by atoms with Crippen molar-refractivity contribution >= 4 is 22.8 Å². The molecule has 6 nitrogen and oxygen atoms in total. The molecule has 2 atom stereocenters. The third-order valence-corrected chi connectivity index (χ3v) is 4.80. The number of carbonyl (C=O) groups excluding carboxylic acids is 1. The van der Waals surface area contributed by atoms with E-state index in [1.807, 2.05) is 6.92 Å². The Labute approximate surface area is 122 Å². The number of piperidine rings is 1. The Hall–Kier alpha value is -1.11. The highest BCUT2D eigenvalue weighted by molar-refractivity contribution is 7.84. The lowest BCUT2D eigenvalue weighted by atomic mass is 9.93. The summed E-state index contributed by atoms with van der Waals surface area (Å²) >= 11 is 0. The summed E-state index contributed by atoms with van der Waals surface area (Å²) in [6, 6.07) is -0.127. The van der Waals surface area contributed by atoms with Crippen LogP contribution >= 0.6 is 0 Å². The topological polar surface area (TPSA) is 86.7 Å². The number of nitrogens with one attached hydrogen (secondary N) is 1. The molecule has 0 radical (unpaired) electrons. The van der Waals surface area contributed by atoms with Crippen molar-refractivity contribution in [2.24, 2.45) is 5.92 Å². The molecule has 20 heavy (non-hydrogen) atoms. The fourth-order valence-electron chi connectivity index (χ4n) is 2.34. The lowest BCUT2D eigenvalue weighted by Crippen LogP contribution is -2.46. The van der Waals surface area contributed by atoms with Crippen LogP contribution < -0.4 is 5.32 Å². The van der Waals surface area contributed by atoms with Crippen LogP contribution in [0.25, 0.3) is 0 Å². The quantitative estimate of drug-likeness (QED) is 0.736. The van der Waals surface area contributed by atoms with Crippen LogP contribution in [0.3, 0.4) is 0 Å². The highest BCUT2D eigenvalue weighted by Gasteiger charge is 2.23. The van der Waals surface area contributed by atoms with Crippen molar-refractivity contribution in [2.75, 3.05) is 31.1 Å². The Morgan fingerprint density at radius 2 is 2.20 bits per heavy atom. The van der Waals surface area contributed by atoms with Gasteiger partial charge in [-0.2, -0.15) is 0 Å². The zero-order valence-electron chi connectivity index (χ0n) is 12.0. The number of nitrogens with zero attached hydrogens (tertiary/aromatic N) is 1. The molecule has 0 aliphatic carbocycles. The van der Waals surface area contributed by atoms with Crippen LogP contribution in [0.2, 0.25) is 0 Å². The van der Waals surface area contributed by atoms with E-state index in [1.165, 1.54) is 0 Å². The standard InChI is InChI=1S/C13H24N2O4S/c1-2-20(19)9-7-14-13(18)15-8-3-4-11(10-15)5-6-12(16)17/h11H,2-10H2,1H3,(H,14,18)(H,16,17). The number of hydrogen-bond acceptors (Lipinski definition) is 3. The van der Waals surface area contributed by atoms with Gasteiger partial charge in [0.2, 0.25) is 0 Å². The first-order valence-corrected chi connectivity index (χ1v) is 8.61. The molecule has 2 amide bonds. The van der Waals surface area contributed by atoms with Crippen LogP contribution in [0, 0.1) is 5.92 Å². The Kier molecular flexibility index (Phi) is 7.58. The number of carboxylic acid groups (broad SMARTS) is 1. The number of likely N-dealkylation sites (tertiary alicyclic amines) is 1. The van der Waals surface area contributed by atoms with E-state index in [9.17, 15) is 13.8 Å². The summed E-state index contributed by atoms with van der Waals surface area (Å²) in [5.74, 6) is 0.582. The highest BCUT2D eigenvalue weighted by atomic mass is 32.2. The van der Waals surface area contributed by atoms with Crippen LogP contribution in [-0.4, -0.2) is 57.4 Å². The van der Waals surface area contributed by atoms with Crippen molar-refractivity contribution in [2.45, 2.75) is 32.6 Å². The normalized spacial score (nSPS) is 20.4. The molecule has 0 spiro atoms. The van der Waals surface area contributed by atoms with Crippen molar-refractivity contribution in [1.29, 1.82) is 0 Å². The molecule has 116 valence electrons. The lowest BCUT2D eigenvalue weighted by molar-refractivity contribution is -0.137. The number of aliphatic carboxylic acids is 1. The van der Waals surface area contributed by atoms with Crippen molar-refractivity contribution in [1.82, 2.24) is 10.2 Å². The smallest absolute Gasteiger partial charge is 0.317 e. The van der Waals surface area contributed by atoms with Gasteiger partial charge in [-0.15, -0.1) is 0 Å². The van der Waals surface area contributed by atoms with Gasteiger partial charge >= 0.3 is 12.0 Å². The number of urea groups is 1. The summed E-state index contributed by atoms with van der Waals surface area (Å²) in [5.41, 5.74) is 0. The Morgan fingerprint density at radius 3 is 2.85 bits per heavy atom. The van der Waals surface area contributed by atoms with E-state index >= 15 is 0 Å². The van der Waals surface area contributed by atoms with Gasteiger partial charge in [0.15, 0.2) is 0 Å². The number of hydrogen-bond donors (Lipinski definition) is 2. The Bertz CT molecular complexity index is 362. The summed E-state index contributed by atoms with van der Waals surface area (Å²) in [6.45, 7) is 3.62. The number of amides is 2. The molecule has 7 heteroatoms. The number of rotatable bonds is 7. The zero-order valence-corrected chi connectivity index (χ0v) is 12.8. The second-order valence-electron chi connectivity index (χ2n) is 5.05. The first-order chi connectivity index (χ1) is 9.52. The molecule has 1 saturated heterocycles.